The second-order valence-electron chi connectivity index (χ2n) is 9.31. The molecule has 214 valence electrons. The lowest BCUT2D eigenvalue weighted by molar-refractivity contribution is -0.140. The molecule has 0 aliphatic carbocycles. The zero-order valence-electron chi connectivity index (χ0n) is 22.5. The first-order chi connectivity index (χ1) is 19.0. The topological polar surface area (TPSA) is 86.8 Å². The summed E-state index contributed by atoms with van der Waals surface area (Å²) in [5, 5.41) is 3.55. The van der Waals surface area contributed by atoms with Gasteiger partial charge in [-0.05, 0) is 73.9 Å². The van der Waals surface area contributed by atoms with Crippen LogP contribution in [-0.4, -0.2) is 43.8 Å². The van der Waals surface area contributed by atoms with Crippen molar-refractivity contribution in [2.45, 2.75) is 57.1 Å². The quantitative estimate of drug-likeness (QED) is 0.271. The fraction of sp³-hybridized carbons (Fsp3) is 0.310. The van der Waals surface area contributed by atoms with E-state index in [0.29, 0.717) is 17.0 Å². The lowest BCUT2D eigenvalue weighted by Gasteiger charge is -2.33. The van der Waals surface area contributed by atoms with Crippen molar-refractivity contribution in [2.75, 3.05) is 10.8 Å². The summed E-state index contributed by atoms with van der Waals surface area (Å²) in [5.41, 5.74) is 0.858. The van der Waals surface area contributed by atoms with Gasteiger partial charge >= 0.3 is 0 Å². The molecule has 0 aliphatic rings. The van der Waals surface area contributed by atoms with Gasteiger partial charge in [-0.1, -0.05) is 61.3 Å². The van der Waals surface area contributed by atoms with Crippen LogP contribution in [0.25, 0.3) is 0 Å². The summed E-state index contributed by atoms with van der Waals surface area (Å²) in [6.07, 6.45) is 0.978. The highest BCUT2D eigenvalue weighted by Crippen LogP contribution is 2.26. The number of nitrogens with zero attached hydrogens (tertiary/aromatic N) is 2. The summed E-state index contributed by atoms with van der Waals surface area (Å²) in [4.78, 5) is 28.5. The van der Waals surface area contributed by atoms with Gasteiger partial charge in [-0.2, -0.15) is 0 Å². The molecular weight excluding hydrogens is 576 g/mol. The zero-order valence-corrected chi connectivity index (χ0v) is 24.8. The van der Waals surface area contributed by atoms with Crippen LogP contribution in [0.2, 0.25) is 10.0 Å². The molecule has 0 radical (unpaired) electrons. The van der Waals surface area contributed by atoms with Crippen molar-refractivity contribution >= 4 is 50.7 Å². The van der Waals surface area contributed by atoms with Crippen LogP contribution in [0.1, 0.15) is 39.2 Å². The molecule has 0 aliphatic heterocycles. The maximum absolute atomic E-state index is 14.0. The predicted octanol–water partition coefficient (Wildman–Crippen LogP) is 6.05. The van der Waals surface area contributed by atoms with Crippen LogP contribution in [0, 0.1) is 5.82 Å². The summed E-state index contributed by atoms with van der Waals surface area (Å²) < 4.78 is 42.0. The van der Waals surface area contributed by atoms with E-state index in [9.17, 15) is 22.4 Å². The number of rotatable bonds is 12. The Balaban J connectivity index is 2.05. The number of para-hydroxylation sites is 1. The van der Waals surface area contributed by atoms with Crippen LogP contribution in [0.4, 0.5) is 10.1 Å². The molecule has 0 unspecified atom stereocenters. The van der Waals surface area contributed by atoms with E-state index in [1.54, 1.807) is 55.5 Å². The molecule has 0 aromatic heterocycles. The molecule has 1 N–H and O–H groups in total. The average Bonchev–Trinajstić information content (AvgIpc) is 2.93. The van der Waals surface area contributed by atoms with Gasteiger partial charge in [-0.15, -0.1) is 0 Å². The number of nitrogens with one attached hydrogen (secondary N) is 1. The van der Waals surface area contributed by atoms with Crippen LogP contribution < -0.4 is 9.62 Å². The molecule has 2 atom stereocenters. The third kappa shape index (κ3) is 7.74. The molecule has 0 fully saturated rings. The number of amides is 2. The molecule has 0 bridgehead atoms. The van der Waals surface area contributed by atoms with Gasteiger partial charge in [-0.3, -0.25) is 13.9 Å². The maximum atomic E-state index is 14.0. The Morgan fingerprint density at radius 2 is 1.57 bits per heavy atom. The smallest absolute Gasteiger partial charge is 0.264 e. The Kier molecular flexibility index (Phi) is 11.0. The Morgan fingerprint density at radius 1 is 0.925 bits per heavy atom. The van der Waals surface area contributed by atoms with Crippen molar-refractivity contribution in [3.05, 3.63) is 94.2 Å². The van der Waals surface area contributed by atoms with Crippen LogP contribution in [0.15, 0.2) is 77.7 Å². The van der Waals surface area contributed by atoms with Crippen molar-refractivity contribution < 1.29 is 22.4 Å². The molecule has 11 heteroatoms. The van der Waals surface area contributed by atoms with E-state index < -0.39 is 34.3 Å². The van der Waals surface area contributed by atoms with E-state index in [2.05, 4.69) is 5.32 Å². The number of benzene rings is 3. The van der Waals surface area contributed by atoms with E-state index in [0.717, 1.165) is 28.6 Å². The van der Waals surface area contributed by atoms with Gasteiger partial charge in [0.25, 0.3) is 10.0 Å². The highest BCUT2D eigenvalue weighted by Gasteiger charge is 2.34. The number of carbonyl (C=O) groups excluding carboxylic acids is 2. The Labute approximate surface area is 244 Å². The molecule has 2 amide bonds. The molecule has 40 heavy (non-hydrogen) atoms. The lowest BCUT2D eigenvalue weighted by Crippen LogP contribution is -2.53. The van der Waals surface area contributed by atoms with Gasteiger partial charge in [-0.25, -0.2) is 12.8 Å². The fourth-order valence-electron chi connectivity index (χ4n) is 4.05. The number of hydrogen-bond donors (Lipinski definition) is 1. The molecule has 3 aromatic rings. The summed E-state index contributed by atoms with van der Waals surface area (Å²) in [6, 6.07) is 16.4. The van der Waals surface area contributed by atoms with Crippen molar-refractivity contribution in [3.63, 3.8) is 0 Å². The SMILES string of the molecule is CC[C@@H](C)NC(=O)[C@H](CC)N(Cc1ccc(Cl)c(Cl)c1)C(=O)CN(c1ccccc1)S(=O)(=O)c1ccc(F)cc1. The van der Waals surface area contributed by atoms with Crippen molar-refractivity contribution in [1.29, 1.82) is 0 Å². The highest BCUT2D eigenvalue weighted by molar-refractivity contribution is 7.92. The molecule has 0 spiro atoms. The minimum atomic E-state index is -4.28. The first-order valence-corrected chi connectivity index (χ1v) is 15.0. The van der Waals surface area contributed by atoms with E-state index in [4.69, 9.17) is 23.2 Å². The van der Waals surface area contributed by atoms with E-state index in [1.807, 2.05) is 13.8 Å². The van der Waals surface area contributed by atoms with E-state index in [1.165, 1.54) is 4.90 Å². The Bertz CT molecular complexity index is 1420. The van der Waals surface area contributed by atoms with Gasteiger partial charge in [0.1, 0.15) is 18.4 Å². The molecule has 3 aromatic carbocycles. The normalized spacial score (nSPS) is 12.8. The number of hydrogen-bond acceptors (Lipinski definition) is 4. The molecule has 0 heterocycles. The van der Waals surface area contributed by atoms with E-state index >= 15 is 0 Å². The van der Waals surface area contributed by atoms with Gasteiger partial charge in [0.15, 0.2) is 0 Å². The fourth-order valence-corrected chi connectivity index (χ4v) is 5.79. The van der Waals surface area contributed by atoms with Crippen LogP contribution >= 0.6 is 23.2 Å². The highest BCUT2D eigenvalue weighted by atomic mass is 35.5. The Hall–Kier alpha value is -3.14. The number of halogens is 3. The molecule has 0 saturated heterocycles. The number of anilines is 1. The van der Waals surface area contributed by atoms with Gasteiger partial charge in [0, 0.05) is 12.6 Å². The second-order valence-corrected chi connectivity index (χ2v) is 12.0. The molecule has 3 rings (SSSR count). The van der Waals surface area contributed by atoms with Crippen LogP contribution in [-0.2, 0) is 26.2 Å². The second kappa shape index (κ2) is 14.0. The lowest BCUT2D eigenvalue weighted by atomic mass is 10.1. The van der Waals surface area contributed by atoms with Crippen LogP contribution in [0.5, 0.6) is 0 Å². The maximum Gasteiger partial charge on any atom is 0.264 e. The average molecular weight is 609 g/mol. The van der Waals surface area contributed by atoms with Crippen molar-refractivity contribution in [1.82, 2.24) is 10.2 Å². The predicted molar refractivity (Wildman–Crippen MR) is 156 cm³/mol. The minimum Gasteiger partial charge on any atom is -0.352 e. The summed E-state index contributed by atoms with van der Waals surface area (Å²) in [7, 11) is -4.28. The van der Waals surface area contributed by atoms with Crippen molar-refractivity contribution in [3.8, 4) is 0 Å². The van der Waals surface area contributed by atoms with Gasteiger partial charge in [0.05, 0.1) is 20.6 Å². The number of sulfonamides is 1. The summed E-state index contributed by atoms with van der Waals surface area (Å²) >= 11 is 12.3. The molecule has 7 nitrogen and oxygen atoms in total. The third-order valence-electron chi connectivity index (χ3n) is 6.45. The Morgan fingerprint density at radius 3 is 2.15 bits per heavy atom. The third-order valence-corrected chi connectivity index (χ3v) is 8.98. The van der Waals surface area contributed by atoms with Gasteiger partial charge < -0.3 is 10.2 Å². The minimum absolute atomic E-state index is 0.0125. The molecule has 0 saturated carbocycles. The number of carbonyl (C=O) groups is 2. The van der Waals surface area contributed by atoms with E-state index in [-0.39, 0.29) is 40.5 Å². The zero-order chi connectivity index (χ0) is 29.4. The first-order valence-electron chi connectivity index (χ1n) is 12.8. The monoisotopic (exact) mass is 607 g/mol. The van der Waals surface area contributed by atoms with Gasteiger partial charge in [0.2, 0.25) is 11.8 Å². The molecular formula is C29H32Cl2FN3O4S. The summed E-state index contributed by atoms with van der Waals surface area (Å²) in [6.45, 7) is 4.96. The van der Waals surface area contributed by atoms with Crippen LogP contribution in [0.3, 0.4) is 0 Å². The summed E-state index contributed by atoms with van der Waals surface area (Å²) in [5.74, 6) is -1.54. The van der Waals surface area contributed by atoms with Crippen molar-refractivity contribution in [2.24, 2.45) is 0 Å². The standard InChI is InChI=1S/C29H32Cl2FN3O4S/c1-4-20(3)33-29(37)27(5-2)34(18-21-11-16-25(30)26(31)17-21)28(36)19-35(23-9-7-6-8-10-23)40(38,39)24-14-12-22(32)13-15-24/h6-17,20,27H,4-5,18-19H2,1-3H3,(H,33,37)/t20-,27+/m1/s1. The first kappa shape index (κ1) is 31.4. The largest absolute Gasteiger partial charge is 0.352 e.